The minimum absolute atomic E-state index is 0.220. The van der Waals surface area contributed by atoms with Gasteiger partial charge >= 0.3 is 0 Å². The average molecular weight is 198 g/mol. The highest BCUT2D eigenvalue weighted by molar-refractivity contribution is 5.76. The molecule has 0 aromatic heterocycles. The van der Waals surface area contributed by atoms with Gasteiger partial charge in [0, 0.05) is 38.3 Å². The van der Waals surface area contributed by atoms with Gasteiger partial charge in [-0.05, 0) is 6.42 Å². The van der Waals surface area contributed by atoms with Crippen molar-refractivity contribution in [2.45, 2.75) is 18.5 Å². The molecule has 0 unspecified atom stereocenters. The Kier molecular flexibility index (Phi) is 2.71. The van der Waals surface area contributed by atoms with E-state index in [0.717, 1.165) is 26.2 Å². The molecule has 2 rings (SSSR count). The molecule has 2 bridgehead atoms. The summed E-state index contributed by atoms with van der Waals surface area (Å²) < 4.78 is 0. The Morgan fingerprint density at radius 3 is 2.43 bits per heavy atom. The molecule has 0 aromatic rings. The maximum atomic E-state index is 10.8. The number of carbonyl (C=O) groups is 1. The average Bonchev–Trinajstić information content (AvgIpc) is 2.62. The van der Waals surface area contributed by atoms with Crippen LogP contribution in [0.25, 0.3) is 0 Å². The van der Waals surface area contributed by atoms with E-state index in [9.17, 15) is 4.79 Å². The largest absolute Gasteiger partial charge is 0.369 e. The predicted molar refractivity (Wildman–Crippen MR) is 53.6 cm³/mol. The molecular formula is C9H18N4O. The summed E-state index contributed by atoms with van der Waals surface area (Å²) in [4.78, 5) is 15.4. The van der Waals surface area contributed by atoms with Crippen LogP contribution in [0.4, 0.5) is 0 Å². The van der Waals surface area contributed by atoms with Crippen molar-refractivity contribution in [2.75, 3.05) is 32.7 Å². The Balaban J connectivity index is 1.86. The number of primary amides is 1. The second kappa shape index (κ2) is 3.84. The number of rotatable bonds is 4. The van der Waals surface area contributed by atoms with Gasteiger partial charge in [-0.2, -0.15) is 0 Å². The summed E-state index contributed by atoms with van der Waals surface area (Å²) in [5, 5.41) is 0. The molecule has 4 N–H and O–H groups in total. The van der Waals surface area contributed by atoms with Crippen LogP contribution >= 0.6 is 0 Å². The van der Waals surface area contributed by atoms with Crippen LogP contribution in [-0.4, -0.2) is 60.5 Å². The Morgan fingerprint density at radius 1 is 1.29 bits per heavy atom. The van der Waals surface area contributed by atoms with Gasteiger partial charge in [0.1, 0.15) is 0 Å². The highest BCUT2D eigenvalue weighted by atomic mass is 16.1. The van der Waals surface area contributed by atoms with Crippen molar-refractivity contribution >= 4 is 5.91 Å². The molecule has 2 heterocycles. The van der Waals surface area contributed by atoms with Crippen LogP contribution in [0.1, 0.15) is 6.42 Å². The van der Waals surface area contributed by atoms with Crippen molar-refractivity contribution in [1.82, 2.24) is 9.80 Å². The lowest BCUT2D eigenvalue weighted by molar-refractivity contribution is -0.119. The van der Waals surface area contributed by atoms with E-state index in [1.54, 1.807) is 0 Å². The monoisotopic (exact) mass is 198 g/mol. The van der Waals surface area contributed by atoms with Crippen LogP contribution in [0.3, 0.4) is 0 Å². The van der Waals surface area contributed by atoms with Crippen LogP contribution < -0.4 is 11.5 Å². The van der Waals surface area contributed by atoms with Crippen LogP contribution in [0.2, 0.25) is 0 Å². The zero-order valence-corrected chi connectivity index (χ0v) is 8.35. The summed E-state index contributed by atoms with van der Waals surface area (Å²) in [6, 6.07) is 1.13. The van der Waals surface area contributed by atoms with E-state index in [2.05, 4.69) is 9.80 Å². The third-order valence-electron chi connectivity index (χ3n) is 3.24. The van der Waals surface area contributed by atoms with Gasteiger partial charge in [-0.3, -0.25) is 14.6 Å². The van der Waals surface area contributed by atoms with Crippen molar-refractivity contribution in [1.29, 1.82) is 0 Å². The van der Waals surface area contributed by atoms with E-state index >= 15 is 0 Å². The van der Waals surface area contributed by atoms with Crippen LogP contribution in [0.15, 0.2) is 0 Å². The molecule has 0 saturated carbocycles. The molecule has 2 saturated heterocycles. The first-order valence-electron chi connectivity index (χ1n) is 5.17. The zero-order chi connectivity index (χ0) is 10.1. The van der Waals surface area contributed by atoms with E-state index in [4.69, 9.17) is 11.5 Å². The van der Waals surface area contributed by atoms with Crippen LogP contribution in [0, 0.1) is 0 Å². The smallest absolute Gasteiger partial charge is 0.231 e. The second-order valence-electron chi connectivity index (χ2n) is 4.22. The van der Waals surface area contributed by atoms with Gasteiger partial charge in [0.2, 0.25) is 5.91 Å². The SMILES string of the molecule is NCCN1C[C@H]2C[C@@H]1CN2CC(N)=O. The van der Waals surface area contributed by atoms with Gasteiger partial charge in [-0.15, -0.1) is 0 Å². The molecule has 80 valence electrons. The van der Waals surface area contributed by atoms with Crippen molar-refractivity contribution in [2.24, 2.45) is 11.5 Å². The third-order valence-corrected chi connectivity index (χ3v) is 3.24. The number of carbonyl (C=O) groups excluding carboxylic acids is 1. The molecule has 2 aliphatic rings. The van der Waals surface area contributed by atoms with Crippen molar-refractivity contribution in [3.05, 3.63) is 0 Å². The van der Waals surface area contributed by atoms with Gasteiger partial charge in [0.25, 0.3) is 0 Å². The quantitative estimate of drug-likeness (QED) is 0.558. The summed E-state index contributed by atoms with van der Waals surface area (Å²) in [5.74, 6) is -0.220. The molecule has 2 aliphatic heterocycles. The van der Waals surface area contributed by atoms with E-state index < -0.39 is 0 Å². The van der Waals surface area contributed by atoms with E-state index in [1.165, 1.54) is 6.42 Å². The fraction of sp³-hybridized carbons (Fsp3) is 0.889. The second-order valence-corrected chi connectivity index (χ2v) is 4.22. The van der Waals surface area contributed by atoms with E-state index in [-0.39, 0.29) is 5.91 Å². The first-order chi connectivity index (χ1) is 6.70. The fourth-order valence-corrected chi connectivity index (χ4v) is 2.67. The van der Waals surface area contributed by atoms with Gasteiger partial charge in [-0.25, -0.2) is 0 Å². The minimum Gasteiger partial charge on any atom is -0.369 e. The van der Waals surface area contributed by atoms with Crippen molar-refractivity contribution < 1.29 is 4.79 Å². The molecular weight excluding hydrogens is 180 g/mol. The lowest BCUT2D eigenvalue weighted by Crippen LogP contribution is -2.49. The fourth-order valence-electron chi connectivity index (χ4n) is 2.67. The Labute approximate surface area is 84.0 Å². The Bertz CT molecular complexity index is 233. The molecule has 5 heteroatoms. The van der Waals surface area contributed by atoms with Gasteiger partial charge in [0.15, 0.2) is 0 Å². The lowest BCUT2D eigenvalue weighted by atomic mass is 10.2. The number of nitrogens with two attached hydrogens (primary N) is 2. The molecule has 0 radical (unpaired) electrons. The van der Waals surface area contributed by atoms with Crippen LogP contribution in [-0.2, 0) is 4.79 Å². The van der Waals surface area contributed by atoms with Gasteiger partial charge in [-0.1, -0.05) is 0 Å². The zero-order valence-electron chi connectivity index (χ0n) is 8.35. The number of likely N-dealkylation sites (tertiary alicyclic amines) is 2. The van der Waals surface area contributed by atoms with Gasteiger partial charge in [0.05, 0.1) is 6.54 Å². The normalized spacial score (nSPS) is 32.6. The molecule has 2 fully saturated rings. The number of fused-ring (bicyclic) bond motifs is 2. The highest BCUT2D eigenvalue weighted by Crippen LogP contribution is 2.29. The summed E-state index contributed by atoms with van der Waals surface area (Å²) >= 11 is 0. The summed E-state index contributed by atoms with van der Waals surface area (Å²) in [6.07, 6.45) is 1.17. The van der Waals surface area contributed by atoms with E-state index in [1.807, 2.05) is 0 Å². The summed E-state index contributed by atoms with van der Waals surface area (Å²) in [6.45, 7) is 4.14. The summed E-state index contributed by atoms with van der Waals surface area (Å²) in [7, 11) is 0. The standard InChI is InChI=1S/C9H18N4O/c10-1-2-12-4-8-3-7(12)5-13(8)6-9(11)14/h7-8H,1-6,10H2,(H2,11,14)/t7-,8-/m1/s1. The topological polar surface area (TPSA) is 75.6 Å². The molecule has 2 atom stereocenters. The molecule has 0 spiro atoms. The van der Waals surface area contributed by atoms with Crippen molar-refractivity contribution in [3.63, 3.8) is 0 Å². The number of hydrogen-bond acceptors (Lipinski definition) is 4. The number of hydrogen-bond donors (Lipinski definition) is 2. The first-order valence-corrected chi connectivity index (χ1v) is 5.17. The number of nitrogens with zero attached hydrogens (tertiary/aromatic N) is 2. The summed E-state index contributed by atoms with van der Waals surface area (Å²) in [5.41, 5.74) is 10.7. The maximum Gasteiger partial charge on any atom is 0.231 e. The number of amides is 1. The number of piperazine rings is 1. The van der Waals surface area contributed by atoms with E-state index in [0.29, 0.717) is 18.6 Å². The molecule has 0 aromatic carbocycles. The minimum atomic E-state index is -0.220. The Hall–Kier alpha value is -0.650. The molecule has 1 amide bonds. The maximum absolute atomic E-state index is 10.8. The van der Waals surface area contributed by atoms with Crippen molar-refractivity contribution in [3.8, 4) is 0 Å². The highest BCUT2D eigenvalue weighted by Gasteiger charge is 2.42. The predicted octanol–water partition coefficient (Wildman–Crippen LogP) is -1.81. The third kappa shape index (κ3) is 1.75. The molecule has 5 nitrogen and oxygen atoms in total. The lowest BCUT2D eigenvalue weighted by Gasteiger charge is -2.33. The Morgan fingerprint density at radius 2 is 1.93 bits per heavy atom. The molecule has 0 aliphatic carbocycles. The van der Waals surface area contributed by atoms with Crippen LogP contribution in [0.5, 0.6) is 0 Å². The van der Waals surface area contributed by atoms with Gasteiger partial charge < -0.3 is 11.5 Å². The first kappa shape index (κ1) is 9.89. The molecule has 14 heavy (non-hydrogen) atoms.